The molecule has 1 aliphatic rings. The van der Waals surface area contributed by atoms with E-state index in [2.05, 4.69) is 4.72 Å². The third kappa shape index (κ3) is 6.52. The van der Waals surface area contributed by atoms with Gasteiger partial charge in [-0.15, -0.1) is 0 Å². The third-order valence-electron chi connectivity index (χ3n) is 6.98. The summed E-state index contributed by atoms with van der Waals surface area (Å²) < 4.78 is 28.0. The topological polar surface area (TPSA) is 116 Å². The van der Waals surface area contributed by atoms with Crippen molar-refractivity contribution >= 4 is 21.8 Å². The summed E-state index contributed by atoms with van der Waals surface area (Å²) in [7, 11) is -3.77. The molecule has 36 heavy (non-hydrogen) atoms. The van der Waals surface area contributed by atoms with Gasteiger partial charge >= 0.3 is 0 Å². The van der Waals surface area contributed by atoms with Gasteiger partial charge in [0, 0.05) is 19.6 Å². The second-order valence-corrected chi connectivity index (χ2v) is 11.8. The Bertz CT molecular complexity index is 1140. The molecule has 2 aromatic carbocycles. The van der Waals surface area contributed by atoms with E-state index in [4.69, 9.17) is 0 Å². The van der Waals surface area contributed by atoms with Gasteiger partial charge in [0.2, 0.25) is 21.8 Å². The van der Waals surface area contributed by atoms with Gasteiger partial charge in [-0.05, 0) is 56.2 Å². The maximum absolute atomic E-state index is 13.8. The molecule has 0 spiro atoms. The first kappa shape index (κ1) is 27.8. The summed E-state index contributed by atoms with van der Waals surface area (Å²) in [5, 5.41) is 9.52. The van der Waals surface area contributed by atoms with Crippen LogP contribution in [0.4, 0.5) is 0 Å². The van der Waals surface area contributed by atoms with Gasteiger partial charge in [-0.25, -0.2) is 18.6 Å². The van der Waals surface area contributed by atoms with Crippen LogP contribution in [-0.4, -0.2) is 50.0 Å². The molecule has 196 valence electrons. The van der Waals surface area contributed by atoms with E-state index >= 15 is 0 Å². The highest BCUT2D eigenvalue weighted by molar-refractivity contribution is 7.89. The number of sulfonamides is 1. The summed E-state index contributed by atoms with van der Waals surface area (Å²) in [4.78, 5) is 28.6. The quantitative estimate of drug-likeness (QED) is 0.296. The molecule has 1 saturated heterocycles. The number of likely N-dealkylation sites (tertiary alicyclic amines) is 1. The number of amides is 2. The molecule has 8 nitrogen and oxygen atoms in total. The highest BCUT2D eigenvalue weighted by Gasteiger charge is 2.54. The number of hydroxylamine groups is 1. The molecule has 0 aromatic heterocycles. The number of aryl methyl sites for hydroxylation is 1. The zero-order chi connectivity index (χ0) is 26.3. The van der Waals surface area contributed by atoms with Crippen molar-refractivity contribution in [1.29, 1.82) is 0 Å². The van der Waals surface area contributed by atoms with E-state index < -0.39 is 27.3 Å². The lowest BCUT2D eigenvalue weighted by atomic mass is 9.67. The van der Waals surface area contributed by atoms with Gasteiger partial charge in [-0.1, -0.05) is 61.9 Å². The first-order chi connectivity index (χ1) is 17.1. The first-order valence-corrected chi connectivity index (χ1v) is 13.9. The summed E-state index contributed by atoms with van der Waals surface area (Å²) >= 11 is 0. The largest absolute Gasteiger partial charge is 0.342 e. The normalized spacial score (nSPS) is 19.0. The summed E-state index contributed by atoms with van der Waals surface area (Å²) in [5.74, 6) is -1.52. The zero-order valence-corrected chi connectivity index (χ0v) is 22.1. The molecule has 1 fully saturated rings. The number of benzene rings is 2. The maximum atomic E-state index is 13.8. The fourth-order valence-corrected chi connectivity index (χ4v) is 6.29. The lowest BCUT2D eigenvalue weighted by Gasteiger charge is -2.36. The molecule has 0 radical (unpaired) electrons. The van der Waals surface area contributed by atoms with Crippen molar-refractivity contribution in [3.63, 3.8) is 0 Å². The van der Waals surface area contributed by atoms with Crippen molar-refractivity contribution < 1.29 is 23.2 Å². The highest BCUT2D eigenvalue weighted by atomic mass is 32.2. The summed E-state index contributed by atoms with van der Waals surface area (Å²) in [5.41, 5.74) is 2.80. The fraction of sp³-hybridized carbons (Fsp3) is 0.481. The van der Waals surface area contributed by atoms with E-state index in [9.17, 15) is 23.2 Å². The van der Waals surface area contributed by atoms with Gasteiger partial charge in [0.05, 0.1) is 16.2 Å². The Morgan fingerprint density at radius 1 is 1.11 bits per heavy atom. The molecule has 3 rings (SSSR count). The molecule has 1 aliphatic heterocycles. The van der Waals surface area contributed by atoms with Crippen LogP contribution in [-0.2, 0) is 26.0 Å². The number of rotatable bonds is 12. The smallest absolute Gasteiger partial charge is 0.247 e. The monoisotopic (exact) mass is 515 g/mol. The number of carbonyl (C=O) groups is 2. The van der Waals surface area contributed by atoms with Crippen LogP contribution in [0.2, 0.25) is 0 Å². The van der Waals surface area contributed by atoms with E-state index in [0.29, 0.717) is 32.4 Å². The number of nitrogens with zero attached hydrogens (tertiary/aromatic N) is 1. The first-order valence-electron chi connectivity index (χ1n) is 12.4. The van der Waals surface area contributed by atoms with Crippen LogP contribution in [0.25, 0.3) is 0 Å². The minimum Gasteiger partial charge on any atom is -0.342 e. The zero-order valence-electron chi connectivity index (χ0n) is 21.2. The van der Waals surface area contributed by atoms with Crippen LogP contribution in [0.1, 0.15) is 44.2 Å². The maximum Gasteiger partial charge on any atom is 0.247 e. The lowest BCUT2D eigenvalue weighted by Crippen LogP contribution is -2.48. The number of carbonyl (C=O) groups excluding carboxylic acids is 2. The average molecular weight is 516 g/mol. The number of nitrogens with one attached hydrogen (secondary N) is 2. The summed E-state index contributed by atoms with van der Waals surface area (Å²) in [6, 6.07) is 16.4. The molecule has 2 unspecified atom stereocenters. The number of hydrogen-bond donors (Lipinski definition) is 3. The van der Waals surface area contributed by atoms with Crippen molar-refractivity contribution in [2.75, 3.05) is 19.6 Å². The van der Waals surface area contributed by atoms with Crippen LogP contribution in [0.5, 0.6) is 0 Å². The Morgan fingerprint density at radius 2 is 1.78 bits per heavy atom. The van der Waals surface area contributed by atoms with Gasteiger partial charge in [0.25, 0.3) is 0 Å². The second-order valence-electron chi connectivity index (χ2n) is 10.1. The van der Waals surface area contributed by atoms with E-state index in [1.165, 1.54) is 12.1 Å². The predicted octanol–water partition coefficient (Wildman–Crippen LogP) is 3.29. The Hall–Kier alpha value is -2.75. The highest BCUT2D eigenvalue weighted by Crippen LogP contribution is 2.46. The van der Waals surface area contributed by atoms with Crippen molar-refractivity contribution in [2.45, 2.75) is 51.3 Å². The molecule has 0 bridgehead atoms. The van der Waals surface area contributed by atoms with Crippen molar-refractivity contribution in [2.24, 2.45) is 17.3 Å². The Labute approximate surface area is 214 Å². The Morgan fingerprint density at radius 3 is 2.39 bits per heavy atom. The molecular formula is C27H37N3O5S. The molecule has 2 amide bonds. The van der Waals surface area contributed by atoms with Gasteiger partial charge in [-0.2, -0.15) is 0 Å². The van der Waals surface area contributed by atoms with E-state index in [1.54, 1.807) is 22.5 Å². The van der Waals surface area contributed by atoms with Gasteiger partial charge in [0.1, 0.15) is 0 Å². The third-order valence-corrected chi connectivity index (χ3v) is 8.45. The average Bonchev–Trinajstić information content (AvgIpc) is 3.16. The van der Waals surface area contributed by atoms with Crippen LogP contribution in [0, 0.1) is 24.2 Å². The van der Waals surface area contributed by atoms with Crippen LogP contribution in [0.15, 0.2) is 59.5 Å². The van der Waals surface area contributed by atoms with E-state index in [0.717, 1.165) is 11.1 Å². The molecule has 9 heteroatoms. The van der Waals surface area contributed by atoms with Gasteiger partial charge < -0.3 is 4.90 Å². The van der Waals surface area contributed by atoms with Crippen LogP contribution in [0.3, 0.4) is 0 Å². The molecule has 2 atom stereocenters. The van der Waals surface area contributed by atoms with Gasteiger partial charge in [0.15, 0.2) is 0 Å². The molecule has 3 N–H and O–H groups in total. The summed E-state index contributed by atoms with van der Waals surface area (Å²) in [6.45, 7) is 6.88. The van der Waals surface area contributed by atoms with E-state index in [1.807, 2.05) is 51.1 Å². The van der Waals surface area contributed by atoms with Crippen molar-refractivity contribution in [3.05, 3.63) is 65.7 Å². The molecule has 0 saturated carbocycles. The van der Waals surface area contributed by atoms with Crippen LogP contribution >= 0.6 is 0 Å². The molecule has 0 aliphatic carbocycles. The molecule has 2 aromatic rings. The van der Waals surface area contributed by atoms with Crippen molar-refractivity contribution in [3.8, 4) is 0 Å². The van der Waals surface area contributed by atoms with Crippen LogP contribution < -0.4 is 10.2 Å². The SMILES string of the molecule is Cc1ccc(S(=O)(=O)NCCC(C(=O)NO)C2(CC(C)C)CCN(CCc3ccccc3)C2=O)cc1. The van der Waals surface area contributed by atoms with Crippen molar-refractivity contribution in [1.82, 2.24) is 15.1 Å². The Balaban J connectivity index is 1.77. The minimum absolute atomic E-state index is 0.0363. The standard InChI is InChI=1S/C27H37N3O5S/c1-20(2)19-27(15-18-30(26(27)32)17-14-22-7-5-4-6-8-22)24(25(31)29-33)13-16-28-36(34,35)23-11-9-21(3)10-12-23/h4-12,20,24,28,33H,13-19H2,1-3H3,(H,29,31). The van der Waals surface area contributed by atoms with E-state index in [-0.39, 0.29) is 29.7 Å². The second kappa shape index (κ2) is 12.0. The summed E-state index contributed by atoms with van der Waals surface area (Å²) in [6.07, 6.45) is 1.73. The van der Waals surface area contributed by atoms with Gasteiger partial charge in [-0.3, -0.25) is 14.8 Å². The molecular weight excluding hydrogens is 478 g/mol. The minimum atomic E-state index is -3.77. The number of hydrogen-bond acceptors (Lipinski definition) is 5. The Kier molecular flexibility index (Phi) is 9.27. The molecule has 1 heterocycles. The fourth-order valence-electron chi connectivity index (χ4n) is 5.24. The lowest BCUT2D eigenvalue weighted by molar-refractivity contribution is -0.149. The predicted molar refractivity (Wildman–Crippen MR) is 138 cm³/mol.